The van der Waals surface area contributed by atoms with Crippen molar-refractivity contribution in [2.24, 2.45) is 0 Å². The fraction of sp³-hybridized carbons (Fsp3) is 0.933. The molecular weight excluding hydrogens is 256 g/mol. The third-order valence-corrected chi connectivity index (χ3v) is 3.55. The molecule has 20 heavy (non-hydrogen) atoms. The number of amides is 2. The highest BCUT2D eigenvalue weighted by Crippen LogP contribution is 2.17. The molecule has 5 heteroatoms. The maximum absolute atomic E-state index is 11.7. The van der Waals surface area contributed by atoms with Crippen LogP contribution in [0.1, 0.15) is 58.8 Å². The van der Waals surface area contributed by atoms with Crippen molar-refractivity contribution in [1.29, 1.82) is 0 Å². The highest BCUT2D eigenvalue weighted by molar-refractivity contribution is 5.74. The molecule has 1 saturated carbocycles. The van der Waals surface area contributed by atoms with Crippen molar-refractivity contribution in [3.63, 3.8) is 0 Å². The van der Waals surface area contributed by atoms with Gasteiger partial charge in [0.1, 0.15) is 0 Å². The van der Waals surface area contributed by atoms with E-state index in [1.54, 1.807) is 0 Å². The first-order valence-corrected chi connectivity index (χ1v) is 8.03. The molecule has 2 amide bonds. The van der Waals surface area contributed by atoms with E-state index in [0.29, 0.717) is 25.8 Å². The van der Waals surface area contributed by atoms with Crippen LogP contribution in [-0.4, -0.2) is 38.1 Å². The van der Waals surface area contributed by atoms with Crippen LogP contribution in [0, 0.1) is 0 Å². The number of urea groups is 1. The smallest absolute Gasteiger partial charge is 0.315 e. The Morgan fingerprint density at radius 3 is 2.40 bits per heavy atom. The summed E-state index contributed by atoms with van der Waals surface area (Å²) in [5, 5.41) is 5.95. The molecule has 0 radical (unpaired) electrons. The second kappa shape index (κ2) is 10.9. The van der Waals surface area contributed by atoms with Gasteiger partial charge in [0.15, 0.2) is 6.29 Å². The fourth-order valence-corrected chi connectivity index (χ4v) is 2.54. The van der Waals surface area contributed by atoms with E-state index in [1.165, 1.54) is 19.3 Å². The topological polar surface area (TPSA) is 59.6 Å². The quantitative estimate of drug-likeness (QED) is 0.506. The summed E-state index contributed by atoms with van der Waals surface area (Å²) < 4.78 is 10.9. The normalized spacial score (nSPS) is 16.4. The van der Waals surface area contributed by atoms with Crippen molar-refractivity contribution < 1.29 is 14.3 Å². The lowest BCUT2D eigenvalue weighted by molar-refractivity contribution is -0.139. The third-order valence-electron chi connectivity index (χ3n) is 3.55. The molecule has 0 unspecified atom stereocenters. The Kier molecular flexibility index (Phi) is 9.41. The van der Waals surface area contributed by atoms with Gasteiger partial charge in [0.25, 0.3) is 0 Å². The molecule has 2 N–H and O–H groups in total. The number of carbonyl (C=O) groups excluding carboxylic acids is 1. The summed E-state index contributed by atoms with van der Waals surface area (Å²) in [7, 11) is 0. The van der Waals surface area contributed by atoms with Gasteiger partial charge in [-0.3, -0.25) is 0 Å². The van der Waals surface area contributed by atoms with Gasteiger partial charge in [-0.2, -0.15) is 0 Å². The van der Waals surface area contributed by atoms with E-state index in [4.69, 9.17) is 9.47 Å². The first kappa shape index (κ1) is 17.2. The summed E-state index contributed by atoms with van der Waals surface area (Å²) in [5.41, 5.74) is 0. The van der Waals surface area contributed by atoms with Gasteiger partial charge in [0, 0.05) is 32.2 Å². The Balaban J connectivity index is 2.05. The minimum absolute atomic E-state index is 0.0405. The first-order valence-electron chi connectivity index (χ1n) is 8.03. The largest absolute Gasteiger partial charge is 0.353 e. The Morgan fingerprint density at radius 2 is 1.80 bits per heavy atom. The van der Waals surface area contributed by atoms with Crippen LogP contribution in [0.15, 0.2) is 0 Å². The molecule has 0 aromatic heterocycles. The molecule has 0 spiro atoms. The lowest BCUT2D eigenvalue weighted by atomic mass is 9.96. The molecule has 5 nitrogen and oxygen atoms in total. The summed E-state index contributed by atoms with van der Waals surface area (Å²) in [6.07, 6.45) is 7.52. The maximum atomic E-state index is 11.7. The second-order valence-corrected chi connectivity index (χ2v) is 5.22. The van der Waals surface area contributed by atoms with E-state index in [2.05, 4.69) is 10.6 Å². The monoisotopic (exact) mass is 286 g/mol. The number of carbonyl (C=O) groups is 1. The van der Waals surface area contributed by atoms with Crippen LogP contribution < -0.4 is 10.6 Å². The zero-order chi connectivity index (χ0) is 14.6. The molecule has 1 aliphatic carbocycles. The SMILES string of the molecule is CCOC(CCCNC(=O)NC1CCCCC1)OCC. The van der Waals surface area contributed by atoms with Gasteiger partial charge in [-0.25, -0.2) is 4.79 Å². The lowest BCUT2D eigenvalue weighted by Gasteiger charge is -2.23. The van der Waals surface area contributed by atoms with Gasteiger partial charge in [-0.05, 0) is 33.1 Å². The molecule has 0 aliphatic heterocycles. The van der Waals surface area contributed by atoms with E-state index in [9.17, 15) is 4.79 Å². The zero-order valence-corrected chi connectivity index (χ0v) is 13.0. The highest BCUT2D eigenvalue weighted by Gasteiger charge is 2.15. The zero-order valence-electron chi connectivity index (χ0n) is 13.0. The van der Waals surface area contributed by atoms with Crippen molar-refractivity contribution in [3.05, 3.63) is 0 Å². The number of ether oxygens (including phenoxy) is 2. The van der Waals surface area contributed by atoms with Crippen molar-refractivity contribution in [2.75, 3.05) is 19.8 Å². The summed E-state index contributed by atoms with van der Waals surface area (Å²) in [6, 6.07) is 0.324. The average molecular weight is 286 g/mol. The highest BCUT2D eigenvalue weighted by atomic mass is 16.7. The van der Waals surface area contributed by atoms with Crippen LogP contribution in [-0.2, 0) is 9.47 Å². The van der Waals surface area contributed by atoms with Crippen molar-refractivity contribution in [1.82, 2.24) is 10.6 Å². The van der Waals surface area contributed by atoms with Crippen molar-refractivity contribution in [3.8, 4) is 0 Å². The summed E-state index contributed by atoms with van der Waals surface area (Å²) in [6.45, 7) is 5.89. The third kappa shape index (κ3) is 7.70. The van der Waals surface area contributed by atoms with Gasteiger partial charge >= 0.3 is 6.03 Å². The average Bonchev–Trinajstić information content (AvgIpc) is 2.45. The molecule has 0 saturated heterocycles. The number of hydrogen-bond donors (Lipinski definition) is 2. The molecule has 1 aliphatic rings. The standard InChI is InChI=1S/C15H30N2O3/c1-3-19-14(20-4-2)11-8-12-16-15(18)17-13-9-6-5-7-10-13/h13-14H,3-12H2,1-2H3,(H2,16,17,18). The number of hydrogen-bond acceptors (Lipinski definition) is 3. The Bertz CT molecular complexity index is 250. The molecule has 0 aromatic carbocycles. The van der Waals surface area contributed by atoms with Crippen LogP contribution in [0.5, 0.6) is 0 Å². The predicted octanol–water partition coefficient (Wildman–Crippen LogP) is 2.80. The van der Waals surface area contributed by atoms with E-state index in [0.717, 1.165) is 25.7 Å². The molecule has 118 valence electrons. The Morgan fingerprint density at radius 1 is 1.15 bits per heavy atom. The summed E-state index contributed by atoms with van der Waals surface area (Å²) >= 11 is 0. The van der Waals surface area contributed by atoms with Gasteiger partial charge < -0.3 is 20.1 Å². The van der Waals surface area contributed by atoms with Gasteiger partial charge in [0.2, 0.25) is 0 Å². The minimum atomic E-state index is -0.145. The maximum Gasteiger partial charge on any atom is 0.315 e. The van der Waals surface area contributed by atoms with E-state index in [-0.39, 0.29) is 12.3 Å². The minimum Gasteiger partial charge on any atom is -0.353 e. The molecule has 0 aromatic rings. The molecule has 1 fully saturated rings. The molecule has 0 bridgehead atoms. The number of rotatable bonds is 9. The van der Waals surface area contributed by atoms with E-state index < -0.39 is 0 Å². The second-order valence-electron chi connectivity index (χ2n) is 5.22. The van der Waals surface area contributed by atoms with Gasteiger partial charge in [0.05, 0.1) is 0 Å². The van der Waals surface area contributed by atoms with E-state index in [1.807, 2.05) is 13.8 Å². The van der Waals surface area contributed by atoms with Crippen molar-refractivity contribution in [2.45, 2.75) is 71.1 Å². The van der Waals surface area contributed by atoms with Gasteiger partial charge in [-0.15, -0.1) is 0 Å². The first-order chi connectivity index (χ1) is 9.76. The Labute approximate surface area is 122 Å². The molecule has 1 rings (SSSR count). The van der Waals surface area contributed by atoms with Gasteiger partial charge in [-0.1, -0.05) is 19.3 Å². The van der Waals surface area contributed by atoms with Crippen LogP contribution in [0.3, 0.4) is 0 Å². The molecule has 0 atom stereocenters. The molecule has 0 heterocycles. The molecular formula is C15H30N2O3. The van der Waals surface area contributed by atoms with Crippen LogP contribution in [0.4, 0.5) is 4.79 Å². The summed E-state index contributed by atoms with van der Waals surface area (Å²) in [4.78, 5) is 11.7. The van der Waals surface area contributed by atoms with Crippen LogP contribution in [0.25, 0.3) is 0 Å². The Hall–Kier alpha value is -0.810. The lowest BCUT2D eigenvalue weighted by Crippen LogP contribution is -2.43. The van der Waals surface area contributed by atoms with E-state index >= 15 is 0 Å². The van der Waals surface area contributed by atoms with Crippen LogP contribution in [0.2, 0.25) is 0 Å². The van der Waals surface area contributed by atoms with Crippen molar-refractivity contribution >= 4 is 6.03 Å². The number of nitrogens with one attached hydrogen (secondary N) is 2. The predicted molar refractivity (Wildman–Crippen MR) is 79.7 cm³/mol. The van der Waals surface area contributed by atoms with Crippen LogP contribution >= 0.6 is 0 Å². The summed E-state index contributed by atoms with van der Waals surface area (Å²) in [5.74, 6) is 0. The fourth-order valence-electron chi connectivity index (χ4n) is 2.54.